The van der Waals surface area contributed by atoms with Crippen molar-refractivity contribution in [2.24, 2.45) is 10.9 Å². The number of nitrogens with one attached hydrogen (secondary N) is 2. The number of nitrogens with zero attached hydrogens (tertiary/aromatic N) is 3. The summed E-state index contributed by atoms with van der Waals surface area (Å²) in [6.45, 7) is 3.27. The predicted octanol–water partition coefficient (Wildman–Crippen LogP) is 2.40. The topological polar surface area (TPSA) is 75.3 Å². The Morgan fingerprint density at radius 2 is 2.10 bits per heavy atom. The highest BCUT2D eigenvalue weighted by molar-refractivity contribution is 5.79. The third-order valence-corrected chi connectivity index (χ3v) is 4.01. The monoisotopic (exact) mass is 293 g/mol. The fraction of sp³-hybridized carbons (Fsp3) is 0.800. The number of rotatable bonds is 6. The second kappa shape index (κ2) is 8.64. The molecule has 1 aromatic heterocycles. The van der Waals surface area contributed by atoms with E-state index in [1.54, 1.807) is 14.0 Å². The van der Waals surface area contributed by atoms with Crippen LogP contribution < -0.4 is 10.6 Å². The zero-order chi connectivity index (χ0) is 14.9. The summed E-state index contributed by atoms with van der Waals surface area (Å²) in [4.78, 5) is 8.35. The van der Waals surface area contributed by atoms with Crippen molar-refractivity contribution in [1.29, 1.82) is 0 Å². The molecule has 1 aromatic rings. The Hall–Kier alpha value is -1.59. The van der Waals surface area contributed by atoms with Crippen molar-refractivity contribution < 1.29 is 4.52 Å². The minimum absolute atomic E-state index is 0.527. The van der Waals surface area contributed by atoms with Gasteiger partial charge in [0.2, 0.25) is 5.89 Å². The van der Waals surface area contributed by atoms with Crippen LogP contribution in [-0.2, 0) is 6.54 Å². The molecule has 2 N–H and O–H groups in total. The number of aromatic nitrogens is 2. The van der Waals surface area contributed by atoms with E-state index in [1.807, 2.05) is 0 Å². The normalized spacial score (nSPS) is 17.0. The molecule has 0 aromatic carbocycles. The van der Waals surface area contributed by atoms with E-state index in [-0.39, 0.29) is 0 Å². The van der Waals surface area contributed by atoms with Gasteiger partial charge in [-0.25, -0.2) is 0 Å². The summed E-state index contributed by atoms with van der Waals surface area (Å²) in [5.74, 6) is 2.97. The summed E-state index contributed by atoms with van der Waals surface area (Å²) in [6.07, 6.45) is 9.65. The first-order valence-electron chi connectivity index (χ1n) is 8.01. The summed E-state index contributed by atoms with van der Waals surface area (Å²) in [6, 6.07) is 0. The molecule has 0 aliphatic heterocycles. The molecule has 0 saturated heterocycles. The largest absolute Gasteiger partial charge is 0.356 e. The second-order valence-corrected chi connectivity index (χ2v) is 5.73. The van der Waals surface area contributed by atoms with Crippen molar-refractivity contribution >= 4 is 5.96 Å². The Morgan fingerprint density at radius 3 is 2.76 bits per heavy atom. The van der Waals surface area contributed by atoms with Gasteiger partial charge in [0.15, 0.2) is 11.8 Å². The van der Waals surface area contributed by atoms with Crippen LogP contribution in [0.4, 0.5) is 0 Å². The van der Waals surface area contributed by atoms with Crippen molar-refractivity contribution in [3.05, 3.63) is 11.7 Å². The molecule has 0 unspecified atom stereocenters. The number of hydrogen-bond acceptors (Lipinski definition) is 4. The molecule has 118 valence electrons. The Kier molecular flexibility index (Phi) is 6.50. The zero-order valence-corrected chi connectivity index (χ0v) is 13.2. The molecule has 1 aliphatic rings. The summed E-state index contributed by atoms with van der Waals surface area (Å²) in [5, 5.41) is 10.4. The van der Waals surface area contributed by atoms with E-state index in [0.717, 1.165) is 18.4 Å². The molecule has 0 spiro atoms. The lowest BCUT2D eigenvalue weighted by molar-refractivity contribution is 0.332. The van der Waals surface area contributed by atoms with Crippen LogP contribution >= 0.6 is 0 Å². The van der Waals surface area contributed by atoms with Crippen LogP contribution in [0.5, 0.6) is 0 Å². The van der Waals surface area contributed by atoms with E-state index in [0.29, 0.717) is 18.3 Å². The number of hydrogen-bond donors (Lipinski definition) is 2. The second-order valence-electron chi connectivity index (χ2n) is 5.73. The smallest absolute Gasteiger partial charge is 0.223 e. The third-order valence-electron chi connectivity index (χ3n) is 4.01. The van der Waals surface area contributed by atoms with Crippen LogP contribution in [0.25, 0.3) is 0 Å². The molecule has 1 fully saturated rings. The summed E-state index contributed by atoms with van der Waals surface area (Å²) >= 11 is 0. The van der Waals surface area contributed by atoms with Gasteiger partial charge in [-0.3, -0.25) is 4.99 Å². The van der Waals surface area contributed by atoms with E-state index in [4.69, 9.17) is 4.52 Å². The van der Waals surface area contributed by atoms with Gasteiger partial charge in [-0.2, -0.15) is 4.98 Å². The molecule has 1 saturated carbocycles. The van der Waals surface area contributed by atoms with E-state index in [9.17, 15) is 0 Å². The molecule has 6 nitrogen and oxygen atoms in total. The standard InChI is InChI=1S/C15H27N5O/c1-12-19-14(20-21-12)11-18-15(16-2)17-10-6-9-13-7-4-3-5-8-13/h13H,3-11H2,1-2H3,(H2,16,17,18). The molecule has 6 heteroatoms. The van der Waals surface area contributed by atoms with Crippen LogP contribution in [0.3, 0.4) is 0 Å². The Bertz CT molecular complexity index is 437. The van der Waals surface area contributed by atoms with Crippen molar-refractivity contribution in [2.45, 2.75) is 58.4 Å². The lowest BCUT2D eigenvalue weighted by Gasteiger charge is -2.21. The third kappa shape index (κ3) is 5.73. The maximum Gasteiger partial charge on any atom is 0.223 e. The minimum Gasteiger partial charge on any atom is -0.356 e. The van der Waals surface area contributed by atoms with E-state index < -0.39 is 0 Å². The summed E-state index contributed by atoms with van der Waals surface area (Å²) in [5.41, 5.74) is 0. The quantitative estimate of drug-likeness (QED) is 0.478. The molecule has 21 heavy (non-hydrogen) atoms. The molecule has 0 amide bonds. The van der Waals surface area contributed by atoms with Crippen LogP contribution in [-0.4, -0.2) is 29.7 Å². The van der Waals surface area contributed by atoms with Crippen molar-refractivity contribution in [3.63, 3.8) is 0 Å². The fourth-order valence-corrected chi connectivity index (χ4v) is 2.87. The van der Waals surface area contributed by atoms with Crippen LogP contribution in [0.15, 0.2) is 9.52 Å². The average Bonchev–Trinajstić information content (AvgIpc) is 2.93. The first-order valence-corrected chi connectivity index (χ1v) is 8.01. The van der Waals surface area contributed by atoms with E-state index >= 15 is 0 Å². The van der Waals surface area contributed by atoms with Gasteiger partial charge in [-0.1, -0.05) is 37.3 Å². The van der Waals surface area contributed by atoms with Crippen molar-refractivity contribution in [1.82, 2.24) is 20.8 Å². The molecule has 1 heterocycles. The first kappa shape index (κ1) is 15.8. The highest BCUT2D eigenvalue weighted by Crippen LogP contribution is 2.26. The highest BCUT2D eigenvalue weighted by atomic mass is 16.5. The molecule has 0 radical (unpaired) electrons. The van der Waals surface area contributed by atoms with Crippen LogP contribution in [0.2, 0.25) is 0 Å². The molecule has 1 aliphatic carbocycles. The molecule has 0 bridgehead atoms. The summed E-state index contributed by atoms with van der Waals surface area (Å²) < 4.78 is 4.93. The van der Waals surface area contributed by atoms with Gasteiger partial charge in [-0.15, -0.1) is 0 Å². The minimum atomic E-state index is 0.527. The maximum absolute atomic E-state index is 4.93. The van der Waals surface area contributed by atoms with E-state index in [1.165, 1.54) is 44.9 Å². The van der Waals surface area contributed by atoms with Gasteiger partial charge >= 0.3 is 0 Å². The van der Waals surface area contributed by atoms with Crippen LogP contribution in [0, 0.1) is 12.8 Å². The highest BCUT2D eigenvalue weighted by Gasteiger charge is 2.12. The predicted molar refractivity (Wildman–Crippen MR) is 83.0 cm³/mol. The number of guanidine groups is 1. The maximum atomic E-state index is 4.93. The fourth-order valence-electron chi connectivity index (χ4n) is 2.87. The number of aliphatic imine (C=N–C) groups is 1. The lowest BCUT2D eigenvalue weighted by atomic mass is 9.86. The Labute approximate surface area is 126 Å². The average molecular weight is 293 g/mol. The molecule has 2 rings (SSSR count). The Balaban J connectivity index is 1.59. The van der Waals surface area contributed by atoms with Gasteiger partial charge in [-0.05, 0) is 18.8 Å². The molecule has 0 atom stereocenters. The van der Waals surface area contributed by atoms with Gasteiger partial charge < -0.3 is 15.2 Å². The summed E-state index contributed by atoms with van der Waals surface area (Å²) in [7, 11) is 1.78. The van der Waals surface area contributed by atoms with Crippen molar-refractivity contribution in [2.75, 3.05) is 13.6 Å². The molecular formula is C15H27N5O. The van der Waals surface area contributed by atoms with Crippen LogP contribution in [0.1, 0.15) is 56.7 Å². The van der Waals surface area contributed by atoms with Gasteiger partial charge in [0.05, 0.1) is 6.54 Å². The number of aryl methyl sites for hydroxylation is 1. The van der Waals surface area contributed by atoms with Gasteiger partial charge in [0, 0.05) is 20.5 Å². The van der Waals surface area contributed by atoms with Crippen molar-refractivity contribution in [3.8, 4) is 0 Å². The molecular weight excluding hydrogens is 266 g/mol. The first-order chi connectivity index (χ1) is 10.3. The van der Waals surface area contributed by atoms with Gasteiger partial charge in [0.1, 0.15) is 0 Å². The Morgan fingerprint density at radius 1 is 1.29 bits per heavy atom. The zero-order valence-electron chi connectivity index (χ0n) is 13.2. The lowest BCUT2D eigenvalue weighted by Crippen LogP contribution is -2.37. The van der Waals surface area contributed by atoms with E-state index in [2.05, 4.69) is 25.8 Å². The SMILES string of the molecule is CN=C(NCCCC1CCCCC1)NCc1noc(C)n1. The van der Waals surface area contributed by atoms with Gasteiger partial charge in [0.25, 0.3) is 0 Å².